The number of aryl methyl sites for hydroxylation is 2. The summed E-state index contributed by atoms with van der Waals surface area (Å²) in [4.78, 5) is 24.4. The Morgan fingerprint density at radius 3 is 2.63 bits per heavy atom. The van der Waals surface area contributed by atoms with Crippen LogP contribution in [0.25, 0.3) is 10.9 Å². The van der Waals surface area contributed by atoms with Crippen LogP contribution in [0, 0.1) is 13.8 Å². The third-order valence-electron chi connectivity index (χ3n) is 4.55. The van der Waals surface area contributed by atoms with Gasteiger partial charge in [-0.2, -0.15) is 0 Å². The average Bonchev–Trinajstić information content (AvgIpc) is 3.01. The van der Waals surface area contributed by atoms with Crippen molar-refractivity contribution in [2.45, 2.75) is 39.8 Å². The number of hydrogen-bond donors (Lipinski definition) is 2. The molecular weight excluding hydrogens is 338 g/mol. The molecule has 0 bridgehead atoms. The third-order valence-corrected chi connectivity index (χ3v) is 4.55. The van der Waals surface area contributed by atoms with E-state index >= 15 is 0 Å². The van der Waals surface area contributed by atoms with Crippen molar-refractivity contribution in [3.05, 3.63) is 65.9 Å². The van der Waals surface area contributed by atoms with Crippen molar-refractivity contribution in [1.82, 2.24) is 9.88 Å². The Labute approximate surface area is 159 Å². The smallest absolute Gasteiger partial charge is 0.233 e. The number of nitrogens with zero attached hydrogens (tertiary/aromatic N) is 1. The van der Waals surface area contributed by atoms with Gasteiger partial charge in [-0.1, -0.05) is 30.3 Å². The van der Waals surface area contributed by atoms with Gasteiger partial charge in [0, 0.05) is 30.0 Å². The minimum atomic E-state index is -0.306. The van der Waals surface area contributed by atoms with E-state index in [1.165, 1.54) is 5.39 Å². The van der Waals surface area contributed by atoms with Crippen LogP contribution in [0.15, 0.2) is 54.7 Å². The molecule has 0 spiro atoms. The van der Waals surface area contributed by atoms with E-state index in [4.69, 9.17) is 0 Å². The SMILES string of the molecule is Cc1ccc(C)c(NC(=O)CC(=O)NC(C)Cn2ccc3ccccc32)c1. The van der Waals surface area contributed by atoms with E-state index in [0.717, 1.165) is 22.3 Å². The number of anilines is 1. The first kappa shape index (κ1) is 18.7. The van der Waals surface area contributed by atoms with Gasteiger partial charge >= 0.3 is 0 Å². The lowest BCUT2D eigenvalue weighted by Gasteiger charge is -2.16. The zero-order valence-electron chi connectivity index (χ0n) is 16.0. The lowest BCUT2D eigenvalue weighted by Crippen LogP contribution is -2.37. The number of amides is 2. The number of carbonyl (C=O) groups is 2. The fourth-order valence-corrected chi connectivity index (χ4v) is 3.18. The molecule has 27 heavy (non-hydrogen) atoms. The molecule has 1 unspecified atom stereocenters. The summed E-state index contributed by atoms with van der Waals surface area (Å²) in [6, 6.07) is 16.0. The van der Waals surface area contributed by atoms with E-state index in [0.29, 0.717) is 6.54 Å². The highest BCUT2D eigenvalue weighted by molar-refractivity contribution is 6.03. The summed E-state index contributed by atoms with van der Waals surface area (Å²) >= 11 is 0. The van der Waals surface area contributed by atoms with Crippen LogP contribution in [0.4, 0.5) is 5.69 Å². The van der Waals surface area contributed by atoms with Gasteiger partial charge < -0.3 is 15.2 Å². The Balaban J connectivity index is 1.53. The van der Waals surface area contributed by atoms with E-state index in [1.54, 1.807) is 0 Å². The molecule has 2 N–H and O–H groups in total. The molecule has 1 aromatic heterocycles. The Morgan fingerprint density at radius 1 is 1.04 bits per heavy atom. The Kier molecular flexibility index (Phi) is 5.60. The van der Waals surface area contributed by atoms with Gasteiger partial charge in [0.25, 0.3) is 0 Å². The number of fused-ring (bicyclic) bond motifs is 1. The zero-order valence-corrected chi connectivity index (χ0v) is 16.0. The second kappa shape index (κ2) is 8.08. The monoisotopic (exact) mass is 363 g/mol. The molecular formula is C22H25N3O2. The van der Waals surface area contributed by atoms with Crippen LogP contribution in [0.2, 0.25) is 0 Å². The van der Waals surface area contributed by atoms with Crippen molar-refractivity contribution < 1.29 is 9.59 Å². The fourth-order valence-electron chi connectivity index (χ4n) is 3.18. The first-order chi connectivity index (χ1) is 12.9. The molecule has 5 heteroatoms. The number of nitrogens with one attached hydrogen (secondary N) is 2. The standard InChI is InChI=1S/C22H25N3O2/c1-15-8-9-16(2)19(12-15)24-22(27)13-21(26)23-17(3)14-25-11-10-18-6-4-5-7-20(18)25/h4-12,17H,13-14H2,1-3H3,(H,23,26)(H,24,27). The van der Waals surface area contributed by atoms with Gasteiger partial charge in [0.2, 0.25) is 11.8 Å². The average molecular weight is 363 g/mol. The summed E-state index contributed by atoms with van der Waals surface area (Å²) in [5.41, 5.74) is 3.92. The van der Waals surface area contributed by atoms with Crippen molar-refractivity contribution in [3.8, 4) is 0 Å². The molecule has 0 saturated carbocycles. The van der Waals surface area contributed by atoms with E-state index in [-0.39, 0.29) is 24.3 Å². The van der Waals surface area contributed by atoms with Gasteiger partial charge in [-0.3, -0.25) is 9.59 Å². The predicted molar refractivity (Wildman–Crippen MR) is 109 cm³/mol. The number of para-hydroxylation sites is 1. The second-order valence-corrected chi connectivity index (χ2v) is 7.04. The summed E-state index contributed by atoms with van der Waals surface area (Å²) in [6.07, 6.45) is 1.82. The number of benzene rings is 2. The maximum absolute atomic E-state index is 12.2. The van der Waals surface area contributed by atoms with Crippen molar-refractivity contribution in [2.24, 2.45) is 0 Å². The molecule has 3 aromatic rings. The highest BCUT2D eigenvalue weighted by atomic mass is 16.2. The highest BCUT2D eigenvalue weighted by Gasteiger charge is 2.14. The zero-order chi connectivity index (χ0) is 19.4. The number of aromatic nitrogens is 1. The molecule has 5 nitrogen and oxygen atoms in total. The van der Waals surface area contributed by atoms with Crippen LogP contribution in [-0.4, -0.2) is 22.4 Å². The Hall–Kier alpha value is -3.08. The first-order valence-corrected chi connectivity index (χ1v) is 9.13. The van der Waals surface area contributed by atoms with E-state index < -0.39 is 0 Å². The van der Waals surface area contributed by atoms with Crippen molar-refractivity contribution in [1.29, 1.82) is 0 Å². The molecule has 0 aliphatic heterocycles. The predicted octanol–water partition coefficient (Wildman–Crippen LogP) is 3.79. The molecule has 3 rings (SSSR count). The normalized spacial score (nSPS) is 12.0. The van der Waals surface area contributed by atoms with Gasteiger partial charge in [0.1, 0.15) is 6.42 Å². The van der Waals surface area contributed by atoms with Gasteiger partial charge in [-0.05, 0) is 55.5 Å². The molecule has 0 aliphatic rings. The fraction of sp³-hybridized carbons (Fsp3) is 0.273. The molecule has 0 radical (unpaired) electrons. The van der Waals surface area contributed by atoms with E-state index in [1.807, 2.05) is 57.3 Å². The van der Waals surface area contributed by atoms with Crippen LogP contribution in [-0.2, 0) is 16.1 Å². The van der Waals surface area contributed by atoms with E-state index in [9.17, 15) is 9.59 Å². The lowest BCUT2D eigenvalue weighted by atomic mass is 10.1. The first-order valence-electron chi connectivity index (χ1n) is 9.13. The van der Waals surface area contributed by atoms with Crippen LogP contribution < -0.4 is 10.6 Å². The van der Waals surface area contributed by atoms with Crippen LogP contribution in [0.5, 0.6) is 0 Å². The van der Waals surface area contributed by atoms with Crippen LogP contribution >= 0.6 is 0 Å². The van der Waals surface area contributed by atoms with Crippen LogP contribution in [0.3, 0.4) is 0 Å². The van der Waals surface area contributed by atoms with Gasteiger partial charge in [-0.25, -0.2) is 0 Å². The maximum Gasteiger partial charge on any atom is 0.233 e. The Morgan fingerprint density at radius 2 is 1.81 bits per heavy atom. The van der Waals surface area contributed by atoms with Crippen molar-refractivity contribution in [2.75, 3.05) is 5.32 Å². The molecule has 1 heterocycles. The van der Waals surface area contributed by atoms with Crippen molar-refractivity contribution >= 4 is 28.4 Å². The minimum Gasteiger partial charge on any atom is -0.351 e. The summed E-state index contributed by atoms with van der Waals surface area (Å²) in [6.45, 7) is 6.49. The topological polar surface area (TPSA) is 63.1 Å². The second-order valence-electron chi connectivity index (χ2n) is 7.04. The quantitative estimate of drug-likeness (QED) is 0.655. The summed E-state index contributed by atoms with van der Waals surface area (Å²) in [5, 5.41) is 6.90. The minimum absolute atomic E-state index is 0.0817. The largest absolute Gasteiger partial charge is 0.351 e. The molecule has 2 amide bonds. The van der Waals surface area contributed by atoms with Gasteiger partial charge in [0.05, 0.1) is 0 Å². The summed E-state index contributed by atoms with van der Waals surface area (Å²) < 4.78 is 2.11. The van der Waals surface area contributed by atoms with Crippen molar-refractivity contribution in [3.63, 3.8) is 0 Å². The molecule has 1 atom stereocenters. The maximum atomic E-state index is 12.2. The van der Waals surface area contributed by atoms with Crippen LogP contribution in [0.1, 0.15) is 24.5 Å². The molecule has 2 aromatic carbocycles. The molecule has 0 saturated heterocycles. The third kappa shape index (κ3) is 4.76. The molecule has 140 valence electrons. The highest BCUT2D eigenvalue weighted by Crippen LogP contribution is 2.17. The van der Waals surface area contributed by atoms with E-state index in [2.05, 4.69) is 33.4 Å². The molecule has 0 fully saturated rings. The number of hydrogen-bond acceptors (Lipinski definition) is 2. The summed E-state index contributed by atoms with van der Waals surface area (Å²) in [5.74, 6) is -0.582. The Bertz CT molecular complexity index is 975. The van der Waals surface area contributed by atoms with Gasteiger partial charge in [0.15, 0.2) is 0 Å². The molecule has 0 aliphatic carbocycles. The van der Waals surface area contributed by atoms with Gasteiger partial charge in [-0.15, -0.1) is 0 Å². The number of carbonyl (C=O) groups excluding carboxylic acids is 2. The number of rotatable bonds is 6. The lowest BCUT2D eigenvalue weighted by molar-refractivity contribution is -0.127. The summed E-state index contributed by atoms with van der Waals surface area (Å²) in [7, 11) is 0.